The largest absolute Gasteiger partial charge is 0.550 e. The van der Waals surface area contributed by atoms with Gasteiger partial charge in [-0.2, -0.15) is 0 Å². The number of nitrogens with zero attached hydrogens (tertiary/aromatic N) is 6. The summed E-state index contributed by atoms with van der Waals surface area (Å²) in [4.78, 5) is 46.1. The highest BCUT2D eigenvalue weighted by atomic mass is 127. The molecule has 0 aromatic rings. The van der Waals surface area contributed by atoms with Gasteiger partial charge in [0.2, 0.25) is 5.91 Å². The molecule has 1 amide bonds. The number of azide groups is 2. The van der Waals surface area contributed by atoms with Crippen LogP contribution in [0.25, 0.3) is 20.9 Å². The van der Waals surface area contributed by atoms with E-state index in [0.717, 1.165) is 58.5 Å². The van der Waals surface area contributed by atoms with Gasteiger partial charge >= 0.3 is 0 Å². The second-order valence-electron chi connectivity index (χ2n) is 7.09. The van der Waals surface area contributed by atoms with Crippen LogP contribution in [0.2, 0.25) is 0 Å². The average molecular weight is 864 g/mol. The third-order valence-electron chi connectivity index (χ3n) is 3.71. The van der Waals surface area contributed by atoms with E-state index in [0.29, 0.717) is 26.4 Å². The van der Waals surface area contributed by atoms with Gasteiger partial charge in [-0.15, -0.1) is 0 Å². The monoisotopic (exact) mass is 864 g/mol. The molecule has 0 saturated heterocycles. The highest BCUT2D eigenvalue weighted by Gasteiger charge is 2.05. The van der Waals surface area contributed by atoms with E-state index in [1.165, 1.54) is 12.8 Å². The number of halogens is 3. The lowest BCUT2D eigenvalue weighted by Gasteiger charge is -2.01. The van der Waals surface area contributed by atoms with E-state index in [2.05, 4.69) is 31.1 Å². The van der Waals surface area contributed by atoms with Crippen molar-refractivity contribution in [3.05, 3.63) is 20.9 Å². The van der Waals surface area contributed by atoms with Crippen LogP contribution in [0.1, 0.15) is 64.7 Å². The Kier molecular flexibility index (Phi) is 46.1. The topological polar surface area (TPSA) is 229 Å². The Morgan fingerprint density at radius 2 is 1.19 bits per heavy atom. The number of ketones is 2. The molecular formula is C21H39I3N8O5. The SMILES string of the molecule is CC(=O)[O-].O=C(CI)CC(=O)CI.[N-]=[N+]=NCCCCCCNC(=O)CI.[N-]=[N+]=NCCCCCC[NH3+]. The van der Waals surface area contributed by atoms with Crippen LogP contribution in [0.15, 0.2) is 10.2 Å². The van der Waals surface area contributed by atoms with Gasteiger partial charge in [0.05, 0.1) is 26.2 Å². The lowest BCUT2D eigenvalue weighted by atomic mass is 10.2. The number of amides is 1. The van der Waals surface area contributed by atoms with Gasteiger partial charge in [0, 0.05) is 35.4 Å². The highest BCUT2D eigenvalue weighted by molar-refractivity contribution is 14.1. The lowest BCUT2D eigenvalue weighted by molar-refractivity contribution is -0.368. The number of hydrogen-bond donors (Lipinski definition) is 2. The van der Waals surface area contributed by atoms with Crippen LogP contribution in [-0.2, 0) is 19.2 Å². The first-order valence-corrected chi connectivity index (χ1v) is 16.2. The summed E-state index contributed by atoms with van der Waals surface area (Å²) in [5.41, 5.74) is 19.7. The lowest BCUT2D eigenvalue weighted by Crippen LogP contribution is -2.50. The number of carbonyl (C=O) groups excluding carboxylic acids is 4. The van der Waals surface area contributed by atoms with Gasteiger partial charge in [0.1, 0.15) is 11.6 Å². The standard InChI is InChI=1S/C8H15IN4O.C6H14N4.C5H6I2O2.C2H4O2/c9-7-8(14)11-5-3-1-2-4-6-12-13-10;7-5-3-1-2-4-6-9-10-8;6-2-4(8)1-5(9)3-7;1-2(3)4/h1-7H2,(H,11,14);1-7H2;1-3H2;1H3,(H,3,4). The summed E-state index contributed by atoms with van der Waals surface area (Å²) in [5.74, 6) is -0.936. The van der Waals surface area contributed by atoms with Crippen molar-refractivity contribution in [2.45, 2.75) is 64.7 Å². The highest BCUT2D eigenvalue weighted by Crippen LogP contribution is 1.99. The van der Waals surface area contributed by atoms with Crippen molar-refractivity contribution in [1.29, 1.82) is 0 Å². The molecule has 0 aromatic carbocycles. The van der Waals surface area contributed by atoms with Gasteiger partial charge in [0.15, 0.2) is 0 Å². The van der Waals surface area contributed by atoms with Crippen LogP contribution in [0, 0.1) is 0 Å². The van der Waals surface area contributed by atoms with Crippen molar-refractivity contribution in [2.24, 2.45) is 10.2 Å². The average Bonchev–Trinajstić information content (AvgIpc) is 2.87. The van der Waals surface area contributed by atoms with E-state index in [1.807, 2.05) is 67.8 Å². The fourth-order valence-electron chi connectivity index (χ4n) is 2.05. The Morgan fingerprint density at radius 3 is 1.54 bits per heavy atom. The number of alkyl halides is 3. The number of Topliss-reactive ketones (excluding diaryl/α,β-unsaturated/α-hetero) is 2. The normalized spacial score (nSPS) is 8.78. The Labute approximate surface area is 259 Å². The van der Waals surface area contributed by atoms with Crippen molar-refractivity contribution in [3.8, 4) is 0 Å². The summed E-state index contributed by atoms with van der Waals surface area (Å²) in [5, 5.41) is 18.6. The van der Waals surface area contributed by atoms with Crippen molar-refractivity contribution in [1.82, 2.24) is 5.32 Å². The summed E-state index contributed by atoms with van der Waals surface area (Å²) in [7, 11) is 0. The molecule has 13 nitrogen and oxygen atoms in total. The maximum Gasteiger partial charge on any atom is 0.229 e. The molecule has 0 aliphatic rings. The molecule has 0 rings (SSSR count). The minimum atomic E-state index is -1.08. The molecular weight excluding hydrogens is 825 g/mol. The molecule has 0 unspecified atom stereocenters. The number of unbranched alkanes of at least 4 members (excludes halogenated alkanes) is 6. The van der Waals surface area contributed by atoms with Gasteiger partial charge in [-0.1, -0.05) is 97.3 Å². The van der Waals surface area contributed by atoms with Gasteiger partial charge in [-0.25, -0.2) is 0 Å². The Balaban J connectivity index is -0.000000210. The minimum Gasteiger partial charge on any atom is -0.550 e. The molecule has 4 N–H and O–H groups in total. The van der Waals surface area contributed by atoms with Crippen LogP contribution >= 0.6 is 67.8 Å². The summed E-state index contributed by atoms with van der Waals surface area (Å²) in [6.07, 6.45) is 8.76. The van der Waals surface area contributed by atoms with Crippen LogP contribution in [0.4, 0.5) is 0 Å². The fourth-order valence-corrected chi connectivity index (χ4v) is 2.86. The first-order valence-electron chi connectivity index (χ1n) is 11.6. The van der Waals surface area contributed by atoms with Gasteiger partial charge in [-0.3, -0.25) is 14.4 Å². The van der Waals surface area contributed by atoms with E-state index >= 15 is 0 Å². The van der Waals surface area contributed by atoms with E-state index < -0.39 is 5.97 Å². The van der Waals surface area contributed by atoms with Crippen molar-refractivity contribution < 1.29 is 30.0 Å². The minimum absolute atomic E-state index is 0.0252. The zero-order valence-corrected chi connectivity index (χ0v) is 27.9. The van der Waals surface area contributed by atoms with Crippen LogP contribution < -0.4 is 16.2 Å². The predicted octanol–water partition coefficient (Wildman–Crippen LogP) is 3.65. The van der Waals surface area contributed by atoms with Crippen molar-refractivity contribution >= 4 is 91.2 Å². The first-order chi connectivity index (χ1) is 17.7. The summed E-state index contributed by atoms with van der Waals surface area (Å²) in [6, 6.07) is 0. The Hall–Kier alpha value is -0.950. The molecule has 0 spiro atoms. The van der Waals surface area contributed by atoms with Gasteiger partial charge in [0.25, 0.3) is 0 Å². The number of rotatable bonds is 18. The number of aliphatic carboxylic acids is 1. The zero-order chi connectivity index (χ0) is 29.2. The quantitative estimate of drug-likeness (QED) is 0.0399. The molecule has 0 aromatic heterocycles. The van der Waals surface area contributed by atoms with Crippen molar-refractivity contribution in [3.63, 3.8) is 0 Å². The number of quaternary nitrogens is 1. The molecule has 0 bridgehead atoms. The maximum atomic E-state index is 10.8. The fraction of sp³-hybridized carbons (Fsp3) is 0.810. The molecule has 0 saturated carbocycles. The van der Waals surface area contributed by atoms with E-state index in [4.69, 9.17) is 21.0 Å². The van der Waals surface area contributed by atoms with Crippen LogP contribution in [-0.4, -0.2) is 62.9 Å². The Morgan fingerprint density at radius 1 is 0.784 bits per heavy atom. The predicted molar refractivity (Wildman–Crippen MR) is 168 cm³/mol. The second kappa shape index (κ2) is 39.6. The second-order valence-corrected chi connectivity index (χ2v) is 9.38. The molecule has 0 aliphatic heterocycles. The first kappa shape index (κ1) is 43.1. The summed E-state index contributed by atoms with van der Waals surface area (Å²) < 4.78 is 1.41. The summed E-state index contributed by atoms with van der Waals surface area (Å²) in [6.45, 7) is 3.97. The number of hydrogen-bond acceptors (Lipinski definition) is 7. The van der Waals surface area contributed by atoms with Crippen molar-refractivity contribution in [2.75, 3.05) is 39.5 Å². The Bertz CT molecular complexity index is 671. The third kappa shape index (κ3) is 56.4. The molecule has 37 heavy (non-hydrogen) atoms. The number of carbonyl (C=O) groups is 4. The molecule has 0 heterocycles. The van der Waals surface area contributed by atoms with Crippen LogP contribution in [0.5, 0.6) is 0 Å². The number of carboxylic acid groups (broad SMARTS) is 1. The molecule has 0 radical (unpaired) electrons. The molecule has 0 fully saturated rings. The van der Waals surface area contributed by atoms with E-state index in [-0.39, 0.29) is 23.9 Å². The number of nitrogens with one attached hydrogen (secondary N) is 1. The number of carboxylic acids is 1. The maximum absolute atomic E-state index is 10.8. The van der Waals surface area contributed by atoms with Gasteiger partial charge < -0.3 is 21.0 Å². The molecule has 0 atom stereocenters. The zero-order valence-electron chi connectivity index (χ0n) is 21.4. The smallest absolute Gasteiger partial charge is 0.229 e. The molecule has 16 heteroatoms. The van der Waals surface area contributed by atoms with E-state index in [9.17, 15) is 14.4 Å². The summed E-state index contributed by atoms with van der Waals surface area (Å²) >= 11 is 5.96. The van der Waals surface area contributed by atoms with Crippen LogP contribution in [0.3, 0.4) is 0 Å². The molecule has 214 valence electrons. The third-order valence-corrected chi connectivity index (χ3v) is 6.10. The molecule has 0 aliphatic carbocycles. The van der Waals surface area contributed by atoms with Gasteiger partial charge in [-0.05, 0) is 50.1 Å². The van der Waals surface area contributed by atoms with E-state index in [1.54, 1.807) is 0 Å².